The molecular weight excluding hydrogens is 108 g/mol. The van der Waals surface area contributed by atoms with Crippen molar-refractivity contribution in [2.24, 2.45) is 0 Å². The van der Waals surface area contributed by atoms with E-state index in [0.717, 1.165) is 0 Å². The molecule has 1 aliphatic heterocycles. The van der Waals surface area contributed by atoms with Gasteiger partial charge in [0, 0.05) is 7.11 Å². The smallest absolute Gasteiger partial charge is 0.134 e. The number of hydrogen-bond donors (Lipinski definition) is 1. The molecule has 1 aliphatic rings. The summed E-state index contributed by atoms with van der Waals surface area (Å²) in [6, 6.07) is 0. The van der Waals surface area contributed by atoms with Crippen molar-refractivity contribution in [3.8, 4) is 0 Å². The Labute approximate surface area is 48.2 Å². The third-order valence-corrected chi connectivity index (χ3v) is 1.15. The van der Waals surface area contributed by atoms with Crippen LogP contribution in [0.1, 0.15) is 0 Å². The van der Waals surface area contributed by atoms with Crippen LogP contribution in [-0.4, -0.2) is 37.6 Å². The molecule has 0 bridgehead atoms. The van der Waals surface area contributed by atoms with Crippen molar-refractivity contribution in [3.63, 3.8) is 0 Å². The number of ether oxygens (including phenoxy) is 2. The van der Waals surface area contributed by atoms with Crippen LogP contribution in [-0.2, 0) is 9.47 Å². The summed E-state index contributed by atoms with van der Waals surface area (Å²) in [4.78, 5) is 0. The van der Waals surface area contributed by atoms with Crippen LogP contribution in [0.5, 0.6) is 0 Å². The predicted octanol–water partition coefficient (Wildman–Crippen LogP) is -0.606. The van der Waals surface area contributed by atoms with E-state index in [2.05, 4.69) is 0 Å². The molecule has 0 saturated carbocycles. The summed E-state index contributed by atoms with van der Waals surface area (Å²) in [5.41, 5.74) is -0.672. The molecule has 0 atom stereocenters. The fourth-order valence-electron chi connectivity index (χ4n) is 0.690. The summed E-state index contributed by atoms with van der Waals surface area (Å²) in [5, 5.41) is 9.16. The van der Waals surface area contributed by atoms with Gasteiger partial charge in [0.05, 0.1) is 19.8 Å². The summed E-state index contributed by atoms with van der Waals surface area (Å²) < 4.78 is 9.48. The Morgan fingerprint density at radius 2 is 2.38 bits per heavy atom. The van der Waals surface area contributed by atoms with Gasteiger partial charge < -0.3 is 14.6 Å². The number of methoxy groups -OCH3 is 1. The Balaban J connectivity index is 2.20. The first-order valence-electron chi connectivity index (χ1n) is 2.56. The van der Waals surface area contributed by atoms with E-state index in [9.17, 15) is 0 Å². The van der Waals surface area contributed by atoms with E-state index in [0.29, 0.717) is 19.8 Å². The van der Waals surface area contributed by atoms with Gasteiger partial charge >= 0.3 is 0 Å². The summed E-state index contributed by atoms with van der Waals surface area (Å²) in [6.45, 7) is 1.22. The minimum absolute atomic E-state index is 0.382. The van der Waals surface area contributed by atoms with E-state index in [4.69, 9.17) is 14.6 Å². The third-order valence-electron chi connectivity index (χ3n) is 1.15. The van der Waals surface area contributed by atoms with Gasteiger partial charge in [-0.25, -0.2) is 0 Å². The lowest BCUT2D eigenvalue weighted by molar-refractivity contribution is -0.200. The van der Waals surface area contributed by atoms with Crippen LogP contribution in [0.2, 0.25) is 0 Å². The van der Waals surface area contributed by atoms with Crippen molar-refractivity contribution in [1.82, 2.24) is 0 Å². The van der Waals surface area contributed by atoms with Crippen molar-refractivity contribution in [3.05, 3.63) is 0 Å². The third kappa shape index (κ3) is 0.992. The first kappa shape index (κ1) is 6.01. The molecule has 0 aromatic heterocycles. The van der Waals surface area contributed by atoms with Crippen molar-refractivity contribution in [2.45, 2.75) is 5.60 Å². The largest absolute Gasteiger partial charge is 0.383 e. The quantitative estimate of drug-likeness (QED) is 0.526. The molecule has 0 aromatic carbocycles. The Morgan fingerprint density at radius 1 is 1.75 bits per heavy atom. The lowest BCUT2D eigenvalue weighted by Gasteiger charge is -2.35. The topological polar surface area (TPSA) is 38.7 Å². The molecule has 48 valence electrons. The van der Waals surface area contributed by atoms with Crippen LogP contribution in [0.3, 0.4) is 0 Å². The maximum absolute atomic E-state index is 9.16. The minimum atomic E-state index is -0.672. The average molecular weight is 118 g/mol. The second kappa shape index (κ2) is 2.01. The standard InChI is InChI=1S/C5H10O3/c1-7-2-5(6)3-8-4-5/h6H,2-4H2,1H3. The molecule has 0 unspecified atom stereocenters. The lowest BCUT2D eigenvalue weighted by Crippen LogP contribution is -2.52. The lowest BCUT2D eigenvalue weighted by atomic mass is 10.1. The molecule has 8 heavy (non-hydrogen) atoms. The second-order valence-corrected chi connectivity index (χ2v) is 2.15. The molecule has 0 amide bonds. The van der Waals surface area contributed by atoms with Gasteiger partial charge in [-0.3, -0.25) is 0 Å². The maximum atomic E-state index is 9.16. The zero-order valence-corrected chi connectivity index (χ0v) is 4.89. The zero-order valence-electron chi connectivity index (χ0n) is 4.89. The average Bonchev–Trinajstić information content (AvgIpc) is 1.64. The van der Waals surface area contributed by atoms with Crippen molar-refractivity contribution in [1.29, 1.82) is 0 Å². The predicted molar refractivity (Wildman–Crippen MR) is 27.6 cm³/mol. The van der Waals surface area contributed by atoms with Crippen molar-refractivity contribution < 1.29 is 14.6 Å². The summed E-state index contributed by atoms with van der Waals surface area (Å²) in [6.07, 6.45) is 0. The molecule has 0 radical (unpaired) electrons. The molecule has 0 aromatic rings. The minimum Gasteiger partial charge on any atom is -0.383 e. The van der Waals surface area contributed by atoms with Gasteiger partial charge in [-0.15, -0.1) is 0 Å². The van der Waals surface area contributed by atoms with Crippen molar-refractivity contribution >= 4 is 0 Å². The van der Waals surface area contributed by atoms with E-state index in [1.807, 2.05) is 0 Å². The van der Waals surface area contributed by atoms with Gasteiger partial charge in [-0.05, 0) is 0 Å². The molecule has 0 aliphatic carbocycles. The fourth-order valence-corrected chi connectivity index (χ4v) is 0.690. The normalized spacial score (nSPS) is 24.8. The van der Waals surface area contributed by atoms with Crippen LogP contribution in [0, 0.1) is 0 Å². The first-order chi connectivity index (χ1) is 3.77. The second-order valence-electron chi connectivity index (χ2n) is 2.15. The molecule has 0 spiro atoms. The van der Waals surface area contributed by atoms with E-state index < -0.39 is 5.60 Å². The van der Waals surface area contributed by atoms with Gasteiger partial charge in [0.15, 0.2) is 0 Å². The molecular formula is C5H10O3. The molecule has 3 heteroatoms. The first-order valence-corrected chi connectivity index (χ1v) is 2.56. The Morgan fingerprint density at radius 3 is 2.50 bits per heavy atom. The van der Waals surface area contributed by atoms with Crippen LogP contribution in [0.25, 0.3) is 0 Å². The van der Waals surface area contributed by atoms with Gasteiger partial charge in [0.25, 0.3) is 0 Å². The SMILES string of the molecule is COCC1(O)COC1. The molecule has 1 heterocycles. The summed E-state index contributed by atoms with van der Waals surface area (Å²) >= 11 is 0. The van der Waals surface area contributed by atoms with E-state index >= 15 is 0 Å². The van der Waals surface area contributed by atoms with Crippen LogP contribution >= 0.6 is 0 Å². The monoisotopic (exact) mass is 118 g/mol. The molecule has 1 rings (SSSR count). The fraction of sp³-hybridized carbons (Fsp3) is 1.00. The molecule has 1 N–H and O–H groups in total. The van der Waals surface area contributed by atoms with Gasteiger partial charge in [0.1, 0.15) is 5.60 Å². The highest BCUT2D eigenvalue weighted by Crippen LogP contribution is 2.15. The Kier molecular flexibility index (Phi) is 1.51. The van der Waals surface area contributed by atoms with Crippen molar-refractivity contribution in [2.75, 3.05) is 26.9 Å². The van der Waals surface area contributed by atoms with E-state index in [-0.39, 0.29) is 0 Å². The number of rotatable bonds is 2. The Bertz CT molecular complexity index is 77.7. The highest BCUT2D eigenvalue weighted by molar-refractivity contribution is 4.84. The highest BCUT2D eigenvalue weighted by Gasteiger charge is 2.35. The van der Waals surface area contributed by atoms with Crippen LogP contribution in [0.15, 0.2) is 0 Å². The van der Waals surface area contributed by atoms with E-state index in [1.165, 1.54) is 0 Å². The van der Waals surface area contributed by atoms with Crippen LogP contribution in [0.4, 0.5) is 0 Å². The zero-order chi connectivity index (χ0) is 6.04. The van der Waals surface area contributed by atoms with Gasteiger partial charge in [0.2, 0.25) is 0 Å². The van der Waals surface area contributed by atoms with E-state index in [1.54, 1.807) is 7.11 Å². The Hall–Kier alpha value is -0.120. The van der Waals surface area contributed by atoms with Gasteiger partial charge in [-0.1, -0.05) is 0 Å². The molecule has 1 fully saturated rings. The number of aliphatic hydroxyl groups is 1. The summed E-state index contributed by atoms with van der Waals surface area (Å²) in [7, 11) is 1.57. The van der Waals surface area contributed by atoms with Crippen LogP contribution < -0.4 is 0 Å². The summed E-state index contributed by atoms with van der Waals surface area (Å²) in [5.74, 6) is 0. The molecule has 3 nitrogen and oxygen atoms in total. The maximum Gasteiger partial charge on any atom is 0.134 e. The number of hydrogen-bond acceptors (Lipinski definition) is 3. The molecule has 1 saturated heterocycles. The van der Waals surface area contributed by atoms with Gasteiger partial charge in [-0.2, -0.15) is 0 Å². The highest BCUT2D eigenvalue weighted by atomic mass is 16.6.